The van der Waals surface area contributed by atoms with E-state index < -0.39 is 0 Å². The number of nitrogens with zero attached hydrogens (tertiary/aromatic N) is 1. The molecule has 62 valence electrons. The lowest BCUT2D eigenvalue weighted by Crippen LogP contribution is -2.01. The zero-order valence-electron chi connectivity index (χ0n) is 7.59. The van der Waals surface area contributed by atoms with Crippen LogP contribution < -0.4 is 0 Å². The van der Waals surface area contributed by atoms with Crippen molar-refractivity contribution < 1.29 is 4.79 Å². The number of ketones is 1. The van der Waals surface area contributed by atoms with Gasteiger partial charge in [0.2, 0.25) is 0 Å². The van der Waals surface area contributed by atoms with Gasteiger partial charge in [-0.3, -0.25) is 4.79 Å². The molecular formula is C9H15NO. The fourth-order valence-electron chi connectivity index (χ4n) is 0.555. The highest BCUT2D eigenvalue weighted by Gasteiger charge is 1.88. The van der Waals surface area contributed by atoms with Crippen LogP contribution >= 0.6 is 0 Å². The van der Waals surface area contributed by atoms with Gasteiger partial charge in [-0.05, 0) is 19.9 Å². The van der Waals surface area contributed by atoms with Gasteiger partial charge in [0.15, 0.2) is 5.78 Å². The topological polar surface area (TPSA) is 20.3 Å². The van der Waals surface area contributed by atoms with Gasteiger partial charge in [0.1, 0.15) is 0 Å². The van der Waals surface area contributed by atoms with Gasteiger partial charge >= 0.3 is 0 Å². The maximum Gasteiger partial charge on any atom is 0.180 e. The summed E-state index contributed by atoms with van der Waals surface area (Å²) in [5.74, 6) is 0.0405. The molecule has 0 saturated heterocycles. The van der Waals surface area contributed by atoms with Crippen molar-refractivity contribution in [3.8, 4) is 0 Å². The molecule has 0 radical (unpaired) electrons. The number of hydrogen-bond acceptors (Lipinski definition) is 2. The lowest BCUT2D eigenvalue weighted by atomic mass is 10.2. The molecule has 0 aromatic rings. The number of carbonyl (C=O) groups excluding carboxylic acids is 1. The Morgan fingerprint density at radius 2 is 1.82 bits per heavy atom. The van der Waals surface area contributed by atoms with Gasteiger partial charge in [0.25, 0.3) is 0 Å². The van der Waals surface area contributed by atoms with Gasteiger partial charge in [-0.15, -0.1) is 0 Å². The molecule has 2 heteroatoms. The normalized spacial score (nSPS) is 9.82. The molecule has 0 heterocycles. The molecule has 11 heavy (non-hydrogen) atoms. The Labute approximate surface area is 68.2 Å². The quantitative estimate of drug-likeness (QED) is 0.574. The Kier molecular flexibility index (Phi) is 4.27. The van der Waals surface area contributed by atoms with E-state index >= 15 is 0 Å². The summed E-state index contributed by atoms with van der Waals surface area (Å²) in [6.45, 7) is 3.81. The summed E-state index contributed by atoms with van der Waals surface area (Å²) in [6.07, 6.45) is 4.90. The van der Waals surface area contributed by atoms with Crippen LogP contribution in [-0.4, -0.2) is 24.8 Å². The standard InChI is InChI=1S/C9H15NO/c1-8(2)7-9(11)5-6-10(3)4/h5-7H,1-4H3/b6-5-. The summed E-state index contributed by atoms with van der Waals surface area (Å²) in [6, 6.07) is 0. The molecule has 0 amide bonds. The Morgan fingerprint density at radius 3 is 2.18 bits per heavy atom. The van der Waals surface area contributed by atoms with E-state index in [1.165, 1.54) is 0 Å². The molecule has 0 atom stereocenters. The first kappa shape index (κ1) is 9.95. The molecule has 0 rings (SSSR count). The van der Waals surface area contributed by atoms with Crippen LogP contribution in [0.1, 0.15) is 13.8 Å². The van der Waals surface area contributed by atoms with Crippen molar-refractivity contribution in [3.05, 3.63) is 23.9 Å². The van der Waals surface area contributed by atoms with Crippen LogP contribution in [0.3, 0.4) is 0 Å². The molecular weight excluding hydrogens is 138 g/mol. The van der Waals surface area contributed by atoms with Crippen molar-refractivity contribution in [1.29, 1.82) is 0 Å². The minimum absolute atomic E-state index is 0.0405. The van der Waals surface area contributed by atoms with Gasteiger partial charge < -0.3 is 4.90 Å². The number of carbonyl (C=O) groups is 1. The van der Waals surface area contributed by atoms with Crippen LogP contribution in [-0.2, 0) is 4.79 Å². The van der Waals surface area contributed by atoms with Crippen molar-refractivity contribution in [2.45, 2.75) is 13.8 Å². The van der Waals surface area contributed by atoms with Gasteiger partial charge in [0, 0.05) is 26.4 Å². The van der Waals surface area contributed by atoms with Gasteiger partial charge in [-0.25, -0.2) is 0 Å². The van der Waals surface area contributed by atoms with E-state index in [1.807, 2.05) is 32.8 Å². The molecule has 0 aliphatic rings. The second-order valence-electron chi connectivity index (χ2n) is 2.90. The fourth-order valence-corrected chi connectivity index (χ4v) is 0.555. The maximum atomic E-state index is 11.0. The summed E-state index contributed by atoms with van der Waals surface area (Å²) < 4.78 is 0. The second kappa shape index (κ2) is 4.72. The van der Waals surface area contributed by atoms with E-state index in [-0.39, 0.29) is 5.78 Å². The van der Waals surface area contributed by atoms with Crippen LogP contribution in [0.25, 0.3) is 0 Å². The maximum absolute atomic E-state index is 11.0. The van der Waals surface area contributed by atoms with Crippen LogP contribution in [0.4, 0.5) is 0 Å². The van der Waals surface area contributed by atoms with Crippen molar-refractivity contribution in [2.24, 2.45) is 0 Å². The molecule has 0 fully saturated rings. The summed E-state index contributed by atoms with van der Waals surface area (Å²) in [5.41, 5.74) is 1.03. The highest BCUT2D eigenvalue weighted by Crippen LogP contribution is 1.90. The fraction of sp³-hybridized carbons (Fsp3) is 0.444. The van der Waals surface area contributed by atoms with E-state index in [0.717, 1.165) is 5.57 Å². The lowest BCUT2D eigenvalue weighted by Gasteiger charge is -2.01. The molecule has 2 nitrogen and oxygen atoms in total. The van der Waals surface area contributed by atoms with Gasteiger partial charge in [0.05, 0.1) is 0 Å². The summed E-state index contributed by atoms with van der Waals surface area (Å²) in [4.78, 5) is 12.8. The van der Waals surface area contributed by atoms with E-state index in [4.69, 9.17) is 0 Å². The predicted molar refractivity (Wildman–Crippen MR) is 47.3 cm³/mol. The largest absolute Gasteiger partial charge is 0.383 e. The van der Waals surface area contributed by atoms with Crippen LogP contribution in [0.5, 0.6) is 0 Å². The third-order valence-corrected chi connectivity index (χ3v) is 0.968. The first-order valence-electron chi connectivity index (χ1n) is 3.56. The average molecular weight is 153 g/mol. The Bertz CT molecular complexity index is 186. The Morgan fingerprint density at radius 1 is 1.27 bits per heavy atom. The highest BCUT2D eigenvalue weighted by molar-refractivity contribution is 5.99. The smallest absolute Gasteiger partial charge is 0.180 e. The number of rotatable bonds is 3. The van der Waals surface area contributed by atoms with E-state index in [2.05, 4.69) is 0 Å². The van der Waals surface area contributed by atoms with Crippen LogP contribution in [0.15, 0.2) is 23.9 Å². The number of hydrogen-bond donors (Lipinski definition) is 0. The molecule has 0 aromatic carbocycles. The third kappa shape index (κ3) is 6.84. The van der Waals surface area contributed by atoms with Crippen molar-refractivity contribution in [3.63, 3.8) is 0 Å². The Hall–Kier alpha value is -1.05. The molecule has 0 aliphatic heterocycles. The zero-order chi connectivity index (χ0) is 8.85. The summed E-state index contributed by atoms with van der Waals surface area (Å²) in [7, 11) is 3.76. The summed E-state index contributed by atoms with van der Waals surface area (Å²) in [5, 5.41) is 0. The molecule has 0 aliphatic carbocycles. The molecule has 0 N–H and O–H groups in total. The molecule has 0 aromatic heterocycles. The predicted octanol–water partition coefficient (Wildman–Crippen LogP) is 1.60. The molecule has 0 unspecified atom stereocenters. The van der Waals surface area contributed by atoms with Gasteiger partial charge in [-0.2, -0.15) is 0 Å². The number of allylic oxidation sites excluding steroid dienone is 3. The van der Waals surface area contributed by atoms with E-state index in [0.29, 0.717) is 0 Å². The molecule has 0 bridgehead atoms. The first-order valence-corrected chi connectivity index (χ1v) is 3.56. The zero-order valence-corrected chi connectivity index (χ0v) is 7.59. The van der Waals surface area contributed by atoms with Crippen molar-refractivity contribution in [2.75, 3.05) is 14.1 Å². The Balaban J connectivity index is 3.99. The average Bonchev–Trinajstić information content (AvgIpc) is 1.82. The van der Waals surface area contributed by atoms with E-state index in [9.17, 15) is 4.79 Å². The molecule has 0 spiro atoms. The lowest BCUT2D eigenvalue weighted by molar-refractivity contribution is -0.110. The van der Waals surface area contributed by atoms with Gasteiger partial charge in [-0.1, -0.05) is 5.57 Å². The monoisotopic (exact) mass is 153 g/mol. The third-order valence-electron chi connectivity index (χ3n) is 0.968. The highest BCUT2D eigenvalue weighted by atomic mass is 16.1. The SMILES string of the molecule is CC(C)=CC(=O)/C=C\N(C)C. The minimum atomic E-state index is 0.0405. The summed E-state index contributed by atoms with van der Waals surface area (Å²) >= 11 is 0. The van der Waals surface area contributed by atoms with Crippen molar-refractivity contribution >= 4 is 5.78 Å². The molecule has 0 saturated carbocycles. The van der Waals surface area contributed by atoms with Crippen molar-refractivity contribution in [1.82, 2.24) is 4.90 Å². The minimum Gasteiger partial charge on any atom is -0.383 e. The first-order chi connectivity index (χ1) is 5.02. The second-order valence-corrected chi connectivity index (χ2v) is 2.90. The van der Waals surface area contributed by atoms with E-state index in [1.54, 1.807) is 18.4 Å². The van der Waals surface area contributed by atoms with Crippen LogP contribution in [0.2, 0.25) is 0 Å². The van der Waals surface area contributed by atoms with Crippen LogP contribution in [0, 0.1) is 0 Å².